The van der Waals surface area contributed by atoms with Gasteiger partial charge in [-0.15, -0.1) is 0 Å². The molecule has 2 heterocycles. The third-order valence-electron chi connectivity index (χ3n) is 2.84. The van der Waals surface area contributed by atoms with E-state index in [1.54, 1.807) is 0 Å². The number of imide groups is 1. The van der Waals surface area contributed by atoms with Crippen molar-refractivity contribution < 1.29 is 22.7 Å². The molecule has 1 N–H and O–H groups in total. The van der Waals surface area contributed by atoms with Gasteiger partial charge in [0.2, 0.25) is 21.8 Å². The Balaban J connectivity index is 1.79. The minimum Gasteiger partial charge on any atom is -0.378 e. The molecule has 17 heavy (non-hydrogen) atoms. The predicted octanol–water partition coefficient (Wildman–Crippen LogP) is -1.55. The lowest BCUT2D eigenvalue weighted by Gasteiger charge is -2.26. The van der Waals surface area contributed by atoms with Crippen molar-refractivity contribution in [2.75, 3.05) is 26.3 Å². The number of hydrogen-bond donors (Lipinski definition) is 1. The van der Waals surface area contributed by atoms with E-state index in [-0.39, 0.29) is 51.0 Å². The van der Waals surface area contributed by atoms with Crippen LogP contribution in [0.2, 0.25) is 0 Å². The molecule has 7 nitrogen and oxygen atoms in total. The summed E-state index contributed by atoms with van der Waals surface area (Å²) in [6.07, 6.45) is 0.449. The predicted molar refractivity (Wildman–Crippen MR) is 57.5 cm³/mol. The van der Waals surface area contributed by atoms with Crippen LogP contribution >= 0.6 is 0 Å². The minimum absolute atomic E-state index is 0.0658. The first-order valence-corrected chi connectivity index (χ1v) is 6.95. The van der Waals surface area contributed by atoms with E-state index < -0.39 is 15.3 Å². The summed E-state index contributed by atoms with van der Waals surface area (Å²) in [7, 11) is -3.37. The summed E-state index contributed by atoms with van der Waals surface area (Å²) in [6.45, 7) is 0.578. The van der Waals surface area contributed by atoms with Crippen molar-refractivity contribution in [3.63, 3.8) is 0 Å². The van der Waals surface area contributed by atoms with Gasteiger partial charge < -0.3 is 4.74 Å². The van der Waals surface area contributed by atoms with Gasteiger partial charge in [-0.25, -0.2) is 13.1 Å². The zero-order valence-corrected chi connectivity index (χ0v) is 10.0. The Hall–Kier alpha value is -0.990. The van der Waals surface area contributed by atoms with Crippen molar-refractivity contribution in [1.29, 1.82) is 0 Å². The Morgan fingerprint density at radius 1 is 1.24 bits per heavy atom. The topological polar surface area (TPSA) is 92.8 Å². The maximum absolute atomic E-state index is 11.6. The molecular formula is C9H14N2O5S. The number of sulfonamides is 1. The maximum Gasteiger partial charge on any atom is 0.229 e. The van der Waals surface area contributed by atoms with Crippen LogP contribution in [0.1, 0.15) is 12.8 Å². The largest absolute Gasteiger partial charge is 0.378 e. The molecule has 0 aromatic carbocycles. The van der Waals surface area contributed by atoms with E-state index in [2.05, 4.69) is 4.72 Å². The van der Waals surface area contributed by atoms with E-state index in [0.29, 0.717) is 0 Å². The Kier molecular flexibility index (Phi) is 3.45. The van der Waals surface area contributed by atoms with Crippen molar-refractivity contribution >= 4 is 21.8 Å². The quantitative estimate of drug-likeness (QED) is 0.606. The average Bonchev–Trinajstić information content (AvgIpc) is 2.45. The lowest BCUT2D eigenvalue weighted by molar-refractivity contribution is -0.138. The smallest absolute Gasteiger partial charge is 0.229 e. The van der Waals surface area contributed by atoms with Gasteiger partial charge in [-0.1, -0.05) is 0 Å². The van der Waals surface area contributed by atoms with Crippen molar-refractivity contribution in [1.82, 2.24) is 9.62 Å². The first-order valence-electron chi connectivity index (χ1n) is 5.40. The van der Waals surface area contributed by atoms with Gasteiger partial charge in [0.15, 0.2) is 0 Å². The molecule has 2 amide bonds. The summed E-state index contributed by atoms with van der Waals surface area (Å²) in [6, 6.07) is 0. The van der Waals surface area contributed by atoms with Crippen LogP contribution in [-0.2, 0) is 24.3 Å². The summed E-state index contributed by atoms with van der Waals surface area (Å²) >= 11 is 0. The molecule has 0 saturated carbocycles. The van der Waals surface area contributed by atoms with Gasteiger partial charge in [0, 0.05) is 25.9 Å². The zero-order chi connectivity index (χ0) is 12.5. The number of carbonyl (C=O) groups excluding carboxylic acids is 2. The number of carbonyl (C=O) groups is 2. The molecule has 2 aliphatic heterocycles. The zero-order valence-electron chi connectivity index (χ0n) is 9.22. The molecule has 0 spiro atoms. The molecule has 2 rings (SSSR count). The maximum atomic E-state index is 11.6. The second-order valence-electron chi connectivity index (χ2n) is 4.04. The number of likely N-dealkylation sites (tertiary alicyclic amines) is 1. The van der Waals surface area contributed by atoms with E-state index in [9.17, 15) is 18.0 Å². The minimum atomic E-state index is -3.37. The molecular weight excluding hydrogens is 248 g/mol. The standard InChI is InChI=1S/C9H14N2O5S/c12-8-1-2-9(13)11(8)4-3-10-17(14,15)7-5-16-6-7/h7,10H,1-6H2. The molecule has 2 saturated heterocycles. The molecule has 0 bridgehead atoms. The van der Waals surface area contributed by atoms with Crippen LogP contribution in [-0.4, -0.2) is 56.7 Å². The molecule has 2 aliphatic rings. The van der Waals surface area contributed by atoms with Gasteiger partial charge in [-0.2, -0.15) is 0 Å². The fourth-order valence-corrected chi connectivity index (χ4v) is 2.85. The molecule has 8 heteroatoms. The van der Waals surface area contributed by atoms with E-state index in [4.69, 9.17) is 4.74 Å². The highest BCUT2D eigenvalue weighted by atomic mass is 32.2. The summed E-state index contributed by atoms with van der Waals surface area (Å²) in [5.74, 6) is -0.470. The Morgan fingerprint density at radius 2 is 1.82 bits per heavy atom. The first-order chi connectivity index (χ1) is 8.00. The van der Waals surface area contributed by atoms with Crippen LogP contribution in [0.25, 0.3) is 0 Å². The van der Waals surface area contributed by atoms with Crippen molar-refractivity contribution in [2.24, 2.45) is 0 Å². The second kappa shape index (κ2) is 4.71. The lowest BCUT2D eigenvalue weighted by Crippen LogP contribution is -2.48. The number of nitrogens with one attached hydrogen (secondary N) is 1. The van der Waals surface area contributed by atoms with Crippen molar-refractivity contribution in [3.05, 3.63) is 0 Å². The van der Waals surface area contributed by atoms with Crippen molar-refractivity contribution in [2.45, 2.75) is 18.1 Å². The van der Waals surface area contributed by atoms with Crippen LogP contribution < -0.4 is 4.72 Å². The Labute approximate surface area is 99.2 Å². The molecule has 0 aromatic rings. The number of hydrogen-bond acceptors (Lipinski definition) is 5. The van der Waals surface area contributed by atoms with Gasteiger partial charge in [-0.3, -0.25) is 14.5 Å². The fraction of sp³-hybridized carbons (Fsp3) is 0.778. The Morgan fingerprint density at radius 3 is 2.29 bits per heavy atom. The van der Waals surface area contributed by atoms with Crippen LogP contribution in [0, 0.1) is 0 Å². The third-order valence-corrected chi connectivity index (χ3v) is 4.60. The van der Waals surface area contributed by atoms with Crippen LogP contribution in [0.15, 0.2) is 0 Å². The normalized spacial score (nSPS) is 22.0. The fourth-order valence-electron chi connectivity index (χ4n) is 1.68. The van der Waals surface area contributed by atoms with Gasteiger partial charge in [0.1, 0.15) is 5.25 Å². The number of ether oxygens (including phenoxy) is 1. The lowest BCUT2D eigenvalue weighted by atomic mass is 10.4. The van der Waals surface area contributed by atoms with Gasteiger partial charge in [0.05, 0.1) is 13.2 Å². The van der Waals surface area contributed by atoms with Gasteiger partial charge >= 0.3 is 0 Å². The highest BCUT2D eigenvalue weighted by Gasteiger charge is 2.33. The van der Waals surface area contributed by atoms with Crippen LogP contribution in [0.4, 0.5) is 0 Å². The molecule has 2 fully saturated rings. The molecule has 0 radical (unpaired) electrons. The summed E-state index contributed by atoms with van der Waals surface area (Å²) < 4.78 is 30.3. The number of rotatable bonds is 5. The van der Waals surface area contributed by atoms with E-state index in [1.165, 1.54) is 0 Å². The molecule has 0 aromatic heterocycles. The van der Waals surface area contributed by atoms with Gasteiger partial charge in [-0.05, 0) is 0 Å². The van der Waals surface area contributed by atoms with Crippen LogP contribution in [0.3, 0.4) is 0 Å². The SMILES string of the molecule is O=C1CCC(=O)N1CCNS(=O)(=O)C1COC1. The van der Waals surface area contributed by atoms with E-state index in [0.717, 1.165) is 4.90 Å². The third kappa shape index (κ3) is 2.64. The second-order valence-corrected chi connectivity index (χ2v) is 6.08. The molecule has 0 aliphatic carbocycles. The summed E-state index contributed by atoms with van der Waals surface area (Å²) in [5.41, 5.74) is 0. The molecule has 0 atom stereocenters. The first kappa shape index (κ1) is 12.5. The number of nitrogens with zero attached hydrogens (tertiary/aromatic N) is 1. The van der Waals surface area contributed by atoms with E-state index in [1.807, 2.05) is 0 Å². The van der Waals surface area contributed by atoms with E-state index >= 15 is 0 Å². The Bertz CT molecular complexity index is 413. The van der Waals surface area contributed by atoms with Crippen molar-refractivity contribution in [3.8, 4) is 0 Å². The van der Waals surface area contributed by atoms with Crippen LogP contribution in [0.5, 0.6) is 0 Å². The average molecular weight is 262 g/mol. The number of amides is 2. The molecule has 0 unspecified atom stereocenters. The monoisotopic (exact) mass is 262 g/mol. The highest BCUT2D eigenvalue weighted by Crippen LogP contribution is 2.12. The highest BCUT2D eigenvalue weighted by molar-refractivity contribution is 7.90. The molecule has 96 valence electrons. The van der Waals surface area contributed by atoms with Gasteiger partial charge in [0.25, 0.3) is 0 Å². The summed E-state index contributed by atoms with van der Waals surface area (Å²) in [5, 5.41) is -0.507. The summed E-state index contributed by atoms with van der Waals surface area (Å²) in [4.78, 5) is 23.6.